The van der Waals surface area contributed by atoms with Crippen molar-refractivity contribution >= 4 is 20.9 Å². The molecule has 29 heavy (non-hydrogen) atoms. The van der Waals surface area contributed by atoms with Crippen LogP contribution in [0.2, 0.25) is 0 Å². The van der Waals surface area contributed by atoms with E-state index < -0.39 is 10.1 Å². The molecule has 5 heteroatoms. The van der Waals surface area contributed by atoms with Crippen LogP contribution in [0.4, 0.5) is 0 Å². The Kier molecular flexibility index (Phi) is 12.7. The van der Waals surface area contributed by atoms with Crippen LogP contribution in [0.1, 0.15) is 89.2 Å². The molecular formula is C24H35NaO3S. The second-order valence-electron chi connectivity index (χ2n) is 7.84. The van der Waals surface area contributed by atoms with Gasteiger partial charge in [0.05, 0.1) is 4.90 Å². The third kappa shape index (κ3) is 8.34. The van der Waals surface area contributed by atoms with E-state index in [0.29, 0.717) is 6.42 Å². The molecule has 0 aliphatic rings. The molecule has 2 rings (SSSR count). The Morgan fingerprint density at radius 1 is 0.759 bits per heavy atom. The predicted molar refractivity (Wildman–Crippen MR) is 117 cm³/mol. The summed E-state index contributed by atoms with van der Waals surface area (Å²) in [7, 11) is -4.47. The molecule has 156 valence electrons. The third-order valence-electron chi connectivity index (χ3n) is 5.55. The number of rotatable bonds is 13. The van der Waals surface area contributed by atoms with Gasteiger partial charge in [0.2, 0.25) is 0 Å². The molecule has 0 bridgehead atoms. The van der Waals surface area contributed by atoms with E-state index in [1.54, 1.807) is 6.07 Å². The fraction of sp³-hybridized carbons (Fsp3) is 0.583. The van der Waals surface area contributed by atoms with Gasteiger partial charge >= 0.3 is 29.6 Å². The minimum Gasteiger partial charge on any atom is -0.744 e. The number of aryl methyl sites for hydroxylation is 2. The molecule has 0 aliphatic carbocycles. The number of hydrogen-bond donors (Lipinski definition) is 0. The van der Waals surface area contributed by atoms with Gasteiger partial charge in [-0.25, -0.2) is 8.42 Å². The Balaban J connectivity index is 0.00000420. The molecule has 0 N–H and O–H groups in total. The van der Waals surface area contributed by atoms with E-state index in [4.69, 9.17) is 0 Å². The van der Waals surface area contributed by atoms with Crippen LogP contribution in [0.5, 0.6) is 0 Å². The SMILES string of the molecule is CCCCCCCc1cccc2ccc(S(=O)(=O)[O-])c(CCCCCCC)c12.[Na+]. The normalized spacial score (nSPS) is 11.6. The van der Waals surface area contributed by atoms with Crippen molar-refractivity contribution in [3.63, 3.8) is 0 Å². The van der Waals surface area contributed by atoms with Crippen molar-refractivity contribution in [3.8, 4) is 0 Å². The molecule has 0 unspecified atom stereocenters. The Morgan fingerprint density at radius 2 is 1.34 bits per heavy atom. The summed E-state index contributed by atoms with van der Waals surface area (Å²) >= 11 is 0. The van der Waals surface area contributed by atoms with Crippen LogP contribution in [-0.4, -0.2) is 13.0 Å². The van der Waals surface area contributed by atoms with E-state index in [9.17, 15) is 13.0 Å². The summed E-state index contributed by atoms with van der Waals surface area (Å²) in [5.41, 5.74) is 1.93. The van der Waals surface area contributed by atoms with E-state index in [2.05, 4.69) is 19.9 Å². The van der Waals surface area contributed by atoms with Crippen molar-refractivity contribution in [2.75, 3.05) is 0 Å². The second kappa shape index (κ2) is 13.8. The Bertz CT molecular complexity index is 847. The van der Waals surface area contributed by atoms with Gasteiger partial charge < -0.3 is 4.55 Å². The molecule has 0 spiro atoms. The maximum atomic E-state index is 11.9. The maximum Gasteiger partial charge on any atom is 1.00 e. The first kappa shape index (κ1) is 26.6. The molecule has 2 aromatic carbocycles. The smallest absolute Gasteiger partial charge is 0.744 e. The summed E-state index contributed by atoms with van der Waals surface area (Å²) in [6.45, 7) is 4.39. The van der Waals surface area contributed by atoms with Crippen LogP contribution >= 0.6 is 0 Å². The summed E-state index contributed by atoms with van der Waals surface area (Å²) in [4.78, 5) is -0.0195. The summed E-state index contributed by atoms with van der Waals surface area (Å²) in [5.74, 6) is 0. The van der Waals surface area contributed by atoms with Gasteiger partial charge in [-0.05, 0) is 53.6 Å². The van der Waals surface area contributed by atoms with Gasteiger partial charge in [-0.1, -0.05) is 89.5 Å². The zero-order chi connectivity index (χ0) is 20.4. The summed E-state index contributed by atoms with van der Waals surface area (Å²) in [6.07, 6.45) is 13.1. The number of fused-ring (bicyclic) bond motifs is 1. The average molecular weight is 427 g/mol. The summed E-state index contributed by atoms with van der Waals surface area (Å²) in [6, 6.07) is 9.47. The van der Waals surface area contributed by atoms with Gasteiger partial charge in [0, 0.05) is 0 Å². The maximum absolute atomic E-state index is 11.9. The topological polar surface area (TPSA) is 57.2 Å². The van der Waals surface area contributed by atoms with E-state index in [-0.39, 0.29) is 34.5 Å². The van der Waals surface area contributed by atoms with Crippen LogP contribution in [0.25, 0.3) is 10.8 Å². The first-order chi connectivity index (χ1) is 13.5. The molecule has 0 atom stereocenters. The average Bonchev–Trinajstić information content (AvgIpc) is 2.66. The number of hydrogen-bond acceptors (Lipinski definition) is 3. The molecule has 0 aromatic heterocycles. The second-order valence-corrected chi connectivity index (χ2v) is 9.19. The number of benzene rings is 2. The fourth-order valence-electron chi connectivity index (χ4n) is 4.03. The Labute approximate surface area is 199 Å². The van der Waals surface area contributed by atoms with Crippen LogP contribution < -0.4 is 29.6 Å². The Morgan fingerprint density at radius 3 is 1.93 bits per heavy atom. The largest absolute Gasteiger partial charge is 1.00 e. The molecule has 0 saturated heterocycles. The van der Waals surface area contributed by atoms with Crippen LogP contribution in [0, 0.1) is 0 Å². The van der Waals surface area contributed by atoms with Crippen LogP contribution in [0.3, 0.4) is 0 Å². The standard InChI is InChI=1S/C24H36O3S.Na/c1-3-5-7-9-11-14-20-15-13-16-21-18-19-23(28(25,26)27)22(24(20)21)17-12-10-8-6-4-2;/h13,15-16,18-19H,3-12,14,17H2,1-2H3,(H,25,26,27);/q;+1/p-1. The van der Waals surface area contributed by atoms with Gasteiger partial charge in [0.1, 0.15) is 10.1 Å². The minimum absolute atomic E-state index is 0. The van der Waals surface area contributed by atoms with Crippen molar-refractivity contribution in [2.45, 2.75) is 95.8 Å². The van der Waals surface area contributed by atoms with E-state index in [1.807, 2.05) is 12.1 Å². The number of unbranched alkanes of at least 4 members (excludes halogenated alkanes) is 8. The first-order valence-electron chi connectivity index (χ1n) is 11.0. The van der Waals surface area contributed by atoms with Crippen molar-refractivity contribution in [3.05, 3.63) is 41.5 Å². The first-order valence-corrected chi connectivity index (χ1v) is 12.4. The molecule has 0 radical (unpaired) electrons. The molecule has 0 amide bonds. The quantitative estimate of drug-likeness (QED) is 0.278. The molecule has 0 saturated carbocycles. The predicted octanol–water partition coefficient (Wildman–Crippen LogP) is 3.77. The molecule has 2 aromatic rings. The van der Waals surface area contributed by atoms with Crippen LogP contribution in [-0.2, 0) is 23.0 Å². The van der Waals surface area contributed by atoms with Crippen LogP contribution in [0.15, 0.2) is 35.2 Å². The van der Waals surface area contributed by atoms with Crippen molar-refractivity contribution in [1.82, 2.24) is 0 Å². The van der Waals surface area contributed by atoms with E-state index >= 15 is 0 Å². The zero-order valence-corrected chi connectivity index (χ0v) is 21.3. The molecule has 0 fully saturated rings. The summed E-state index contributed by atoms with van der Waals surface area (Å²) in [5, 5.41) is 2.05. The van der Waals surface area contributed by atoms with Crippen molar-refractivity contribution in [2.24, 2.45) is 0 Å². The van der Waals surface area contributed by atoms with Gasteiger partial charge in [0.25, 0.3) is 0 Å². The van der Waals surface area contributed by atoms with E-state index in [0.717, 1.165) is 48.4 Å². The molecular weight excluding hydrogens is 391 g/mol. The van der Waals surface area contributed by atoms with Gasteiger partial charge in [-0.15, -0.1) is 0 Å². The van der Waals surface area contributed by atoms with Crippen molar-refractivity contribution in [1.29, 1.82) is 0 Å². The van der Waals surface area contributed by atoms with E-state index in [1.165, 1.54) is 50.2 Å². The van der Waals surface area contributed by atoms with Gasteiger partial charge in [-0.2, -0.15) is 0 Å². The van der Waals surface area contributed by atoms with Gasteiger partial charge in [-0.3, -0.25) is 0 Å². The fourth-order valence-corrected chi connectivity index (χ4v) is 4.77. The minimum atomic E-state index is -4.47. The third-order valence-corrected chi connectivity index (χ3v) is 6.47. The molecule has 0 aliphatic heterocycles. The summed E-state index contributed by atoms with van der Waals surface area (Å²) < 4.78 is 35.8. The van der Waals surface area contributed by atoms with Crippen molar-refractivity contribution < 1.29 is 42.5 Å². The molecule has 3 nitrogen and oxygen atoms in total. The van der Waals surface area contributed by atoms with Gasteiger partial charge in [0.15, 0.2) is 0 Å². The molecule has 0 heterocycles. The zero-order valence-electron chi connectivity index (χ0n) is 18.5. The Hall–Kier alpha value is -0.390. The monoisotopic (exact) mass is 426 g/mol.